The monoisotopic (exact) mass is 332 g/mol. The van der Waals surface area contributed by atoms with Gasteiger partial charge >= 0.3 is 23.9 Å². The second kappa shape index (κ2) is 7.40. The van der Waals surface area contributed by atoms with Gasteiger partial charge < -0.3 is 23.7 Å². The number of ether oxygens (including phenoxy) is 5. The summed E-state index contributed by atoms with van der Waals surface area (Å²) in [5, 5.41) is 0. The van der Waals surface area contributed by atoms with Crippen molar-refractivity contribution in [3.05, 3.63) is 0 Å². The molecule has 0 radical (unpaired) electrons. The van der Waals surface area contributed by atoms with Crippen LogP contribution in [0.1, 0.15) is 34.6 Å². The fourth-order valence-corrected chi connectivity index (χ4v) is 2.18. The van der Waals surface area contributed by atoms with Gasteiger partial charge in [0, 0.05) is 27.7 Å². The van der Waals surface area contributed by atoms with Crippen LogP contribution < -0.4 is 0 Å². The van der Waals surface area contributed by atoms with Crippen LogP contribution in [0.4, 0.5) is 0 Å². The molecule has 0 aromatic carbocycles. The maximum absolute atomic E-state index is 11.4. The predicted molar refractivity (Wildman–Crippen MR) is 72.8 cm³/mol. The number of rotatable bonds is 5. The van der Waals surface area contributed by atoms with E-state index in [1.165, 1.54) is 13.8 Å². The van der Waals surface area contributed by atoms with Crippen molar-refractivity contribution in [2.24, 2.45) is 0 Å². The Kier molecular flexibility index (Phi) is 6.08. The molecule has 1 rings (SSSR count). The summed E-state index contributed by atoms with van der Waals surface area (Å²) in [4.78, 5) is 44.9. The topological polar surface area (TPSA) is 114 Å². The summed E-state index contributed by atoms with van der Waals surface area (Å²) < 4.78 is 25.7. The molecule has 1 aliphatic rings. The number of hydrogen-bond acceptors (Lipinski definition) is 9. The first-order valence-corrected chi connectivity index (χ1v) is 6.88. The summed E-state index contributed by atoms with van der Waals surface area (Å²) in [6.07, 6.45) is -3.59. The van der Waals surface area contributed by atoms with E-state index in [4.69, 9.17) is 23.7 Å². The van der Waals surface area contributed by atoms with Crippen molar-refractivity contribution in [1.82, 2.24) is 0 Å². The zero-order chi connectivity index (χ0) is 17.8. The fraction of sp³-hybridized carbons (Fsp3) is 0.714. The van der Waals surface area contributed by atoms with Crippen LogP contribution in [0.2, 0.25) is 0 Å². The van der Waals surface area contributed by atoms with Crippen molar-refractivity contribution in [3.63, 3.8) is 0 Å². The van der Waals surface area contributed by atoms with Crippen LogP contribution in [-0.4, -0.2) is 54.6 Å². The fourth-order valence-electron chi connectivity index (χ4n) is 2.18. The molecule has 23 heavy (non-hydrogen) atoms. The third kappa shape index (κ3) is 5.20. The smallest absolute Gasteiger partial charge is 0.305 e. The molecule has 1 heterocycles. The molecule has 9 heteroatoms. The Hall–Kier alpha value is -2.16. The lowest BCUT2D eigenvalue weighted by molar-refractivity contribution is -0.208. The van der Waals surface area contributed by atoms with Crippen LogP contribution in [0, 0.1) is 0 Å². The first-order valence-electron chi connectivity index (χ1n) is 6.88. The Morgan fingerprint density at radius 1 is 0.870 bits per heavy atom. The maximum atomic E-state index is 11.4. The summed E-state index contributed by atoms with van der Waals surface area (Å²) in [6.45, 7) is 5.87. The molecule has 1 unspecified atom stereocenters. The van der Waals surface area contributed by atoms with Crippen LogP contribution in [-0.2, 0) is 42.9 Å². The number of hydrogen-bond donors (Lipinski definition) is 0. The van der Waals surface area contributed by atoms with Crippen molar-refractivity contribution >= 4 is 23.9 Å². The van der Waals surface area contributed by atoms with Gasteiger partial charge in [0.25, 0.3) is 0 Å². The molecule has 0 amide bonds. The highest BCUT2D eigenvalue weighted by Crippen LogP contribution is 2.36. The maximum Gasteiger partial charge on any atom is 0.305 e. The van der Waals surface area contributed by atoms with E-state index in [1.807, 2.05) is 0 Å². The minimum Gasteiger partial charge on any atom is -0.463 e. The Morgan fingerprint density at radius 3 is 1.83 bits per heavy atom. The molecule has 1 saturated heterocycles. The van der Waals surface area contributed by atoms with Gasteiger partial charge in [-0.2, -0.15) is 0 Å². The Bertz CT molecular complexity index is 500. The van der Waals surface area contributed by atoms with Crippen LogP contribution in [0.5, 0.6) is 0 Å². The average molecular weight is 332 g/mol. The molecule has 0 aromatic rings. The van der Waals surface area contributed by atoms with Gasteiger partial charge in [-0.1, -0.05) is 0 Å². The number of carbonyl (C=O) groups is 4. The minimum atomic E-state index is -1.35. The average Bonchev–Trinajstić information content (AvgIpc) is 2.60. The molecule has 9 nitrogen and oxygen atoms in total. The third-order valence-electron chi connectivity index (χ3n) is 2.99. The first kappa shape index (κ1) is 18.9. The lowest BCUT2D eigenvalue weighted by atomic mass is 9.98. The third-order valence-corrected chi connectivity index (χ3v) is 2.99. The van der Waals surface area contributed by atoms with Gasteiger partial charge in [-0.3, -0.25) is 19.2 Å². The van der Waals surface area contributed by atoms with E-state index >= 15 is 0 Å². The second-order valence-corrected chi connectivity index (χ2v) is 5.29. The molecule has 0 N–H and O–H groups in total. The van der Waals surface area contributed by atoms with Crippen molar-refractivity contribution in [3.8, 4) is 0 Å². The summed E-state index contributed by atoms with van der Waals surface area (Å²) in [5.74, 6) is -2.58. The van der Waals surface area contributed by atoms with Crippen LogP contribution in [0.15, 0.2) is 0 Å². The summed E-state index contributed by atoms with van der Waals surface area (Å²) in [7, 11) is 0. The van der Waals surface area contributed by atoms with Crippen molar-refractivity contribution in [2.45, 2.75) is 58.7 Å². The molecule has 1 aliphatic heterocycles. The van der Waals surface area contributed by atoms with Crippen LogP contribution in [0.25, 0.3) is 0 Å². The van der Waals surface area contributed by atoms with Gasteiger partial charge in [0.2, 0.25) is 12.4 Å². The van der Waals surface area contributed by atoms with Gasteiger partial charge in [0.15, 0.2) is 6.10 Å². The minimum absolute atomic E-state index is 0.282. The molecule has 0 bridgehead atoms. The molecule has 4 atom stereocenters. The summed E-state index contributed by atoms with van der Waals surface area (Å²) >= 11 is 0. The Morgan fingerprint density at radius 2 is 1.39 bits per heavy atom. The van der Waals surface area contributed by atoms with Crippen molar-refractivity contribution in [1.29, 1.82) is 0 Å². The Balaban J connectivity index is 3.11. The SMILES string of the molecule is CC(=O)OC[C@@]1(C)OC(OC(C)=O)[C@H](OC(C)=O)[C@@H]1OC(C)=O. The number of esters is 4. The van der Waals surface area contributed by atoms with E-state index in [1.54, 1.807) is 0 Å². The lowest BCUT2D eigenvalue weighted by Crippen LogP contribution is -2.48. The van der Waals surface area contributed by atoms with Crippen LogP contribution in [0.3, 0.4) is 0 Å². The van der Waals surface area contributed by atoms with Gasteiger partial charge in [-0.25, -0.2) is 0 Å². The van der Waals surface area contributed by atoms with Gasteiger partial charge in [0.05, 0.1) is 0 Å². The number of carbonyl (C=O) groups excluding carboxylic acids is 4. The second-order valence-electron chi connectivity index (χ2n) is 5.29. The highest BCUT2D eigenvalue weighted by atomic mass is 16.8. The zero-order valence-electron chi connectivity index (χ0n) is 13.6. The van der Waals surface area contributed by atoms with E-state index < -0.39 is 48.0 Å². The van der Waals surface area contributed by atoms with Crippen LogP contribution >= 0.6 is 0 Å². The van der Waals surface area contributed by atoms with Gasteiger partial charge in [-0.15, -0.1) is 0 Å². The Labute approximate surface area is 133 Å². The van der Waals surface area contributed by atoms with Crippen molar-refractivity contribution in [2.75, 3.05) is 6.61 Å². The summed E-state index contributed by atoms with van der Waals surface area (Å²) in [6, 6.07) is 0. The van der Waals surface area contributed by atoms with E-state index in [2.05, 4.69) is 0 Å². The molecular formula is C14H20O9. The standard InChI is InChI=1S/C14H20O9/c1-7(15)19-6-14(5)12(21-9(3)17)11(20-8(2)16)13(23-14)22-10(4)18/h11-13H,6H2,1-5H3/t11-,12+,13?,14-/m1/s1. The van der Waals surface area contributed by atoms with Gasteiger partial charge in [0.1, 0.15) is 12.2 Å². The highest BCUT2D eigenvalue weighted by molar-refractivity contribution is 5.68. The summed E-state index contributed by atoms with van der Waals surface area (Å²) in [5.41, 5.74) is -1.35. The van der Waals surface area contributed by atoms with Gasteiger partial charge in [-0.05, 0) is 6.92 Å². The largest absolute Gasteiger partial charge is 0.463 e. The first-order chi connectivity index (χ1) is 10.5. The predicted octanol–water partition coefficient (Wildman–Crippen LogP) is 0.0910. The highest BCUT2D eigenvalue weighted by Gasteiger charge is 2.58. The molecule has 130 valence electrons. The molecule has 0 spiro atoms. The van der Waals surface area contributed by atoms with E-state index in [0.717, 1.165) is 20.8 Å². The van der Waals surface area contributed by atoms with E-state index in [0.29, 0.717) is 0 Å². The zero-order valence-corrected chi connectivity index (χ0v) is 13.6. The molecular weight excluding hydrogens is 312 g/mol. The van der Waals surface area contributed by atoms with Crippen molar-refractivity contribution < 1.29 is 42.9 Å². The lowest BCUT2D eigenvalue weighted by Gasteiger charge is -2.29. The van der Waals surface area contributed by atoms with E-state index in [9.17, 15) is 19.2 Å². The molecule has 0 aliphatic carbocycles. The molecule has 1 fully saturated rings. The van der Waals surface area contributed by atoms with E-state index in [-0.39, 0.29) is 6.61 Å². The molecule has 0 aromatic heterocycles. The molecule has 0 saturated carbocycles. The normalized spacial score (nSPS) is 29.5. The quantitative estimate of drug-likeness (QED) is 0.510.